The van der Waals surface area contributed by atoms with Crippen LogP contribution in [0.2, 0.25) is 0 Å². The SMILES string of the molecule is CCNCc1ccc(CN2CC=C(COC)CC2)cc1. The van der Waals surface area contributed by atoms with Crippen LogP contribution in [0, 0.1) is 0 Å². The molecule has 0 atom stereocenters. The third-order valence-electron chi connectivity index (χ3n) is 3.73. The quantitative estimate of drug-likeness (QED) is 0.773. The summed E-state index contributed by atoms with van der Waals surface area (Å²) in [4.78, 5) is 2.48. The molecule has 0 aromatic heterocycles. The summed E-state index contributed by atoms with van der Waals surface area (Å²) in [7, 11) is 1.77. The molecule has 1 aromatic carbocycles. The van der Waals surface area contributed by atoms with E-state index in [9.17, 15) is 0 Å². The van der Waals surface area contributed by atoms with Crippen LogP contribution in [0.5, 0.6) is 0 Å². The summed E-state index contributed by atoms with van der Waals surface area (Å²) < 4.78 is 5.19. The maximum absolute atomic E-state index is 5.19. The van der Waals surface area contributed by atoms with E-state index in [4.69, 9.17) is 4.74 Å². The Kier molecular flexibility index (Phi) is 6.25. The molecule has 2 rings (SSSR count). The Morgan fingerprint density at radius 3 is 2.55 bits per heavy atom. The van der Waals surface area contributed by atoms with Crippen LogP contribution >= 0.6 is 0 Å². The van der Waals surface area contributed by atoms with Crippen LogP contribution < -0.4 is 5.32 Å². The van der Waals surface area contributed by atoms with Crippen molar-refractivity contribution in [1.82, 2.24) is 10.2 Å². The number of hydrogen-bond donors (Lipinski definition) is 1. The molecule has 1 aliphatic heterocycles. The number of nitrogens with zero attached hydrogens (tertiary/aromatic N) is 1. The van der Waals surface area contributed by atoms with Crippen LogP contribution in [0.4, 0.5) is 0 Å². The van der Waals surface area contributed by atoms with Crippen molar-refractivity contribution < 1.29 is 4.74 Å². The molecular formula is C17H26N2O. The fraction of sp³-hybridized carbons (Fsp3) is 0.529. The molecule has 0 bridgehead atoms. The van der Waals surface area contributed by atoms with Crippen molar-refractivity contribution in [2.75, 3.05) is 33.4 Å². The van der Waals surface area contributed by atoms with Gasteiger partial charge in [0, 0.05) is 33.3 Å². The topological polar surface area (TPSA) is 24.5 Å². The van der Waals surface area contributed by atoms with Crippen LogP contribution in [0.1, 0.15) is 24.5 Å². The summed E-state index contributed by atoms with van der Waals surface area (Å²) >= 11 is 0. The van der Waals surface area contributed by atoms with E-state index in [1.54, 1.807) is 7.11 Å². The van der Waals surface area contributed by atoms with Crippen LogP contribution in [0.15, 0.2) is 35.9 Å². The van der Waals surface area contributed by atoms with Gasteiger partial charge in [0.05, 0.1) is 6.61 Å². The summed E-state index contributed by atoms with van der Waals surface area (Å²) in [5, 5.41) is 3.35. The summed E-state index contributed by atoms with van der Waals surface area (Å²) in [5.74, 6) is 0. The van der Waals surface area contributed by atoms with Gasteiger partial charge in [-0.25, -0.2) is 0 Å². The van der Waals surface area contributed by atoms with Gasteiger partial charge >= 0.3 is 0 Å². The zero-order valence-corrected chi connectivity index (χ0v) is 12.7. The highest BCUT2D eigenvalue weighted by molar-refractivity contribution is 5.22. The molecule has 0 radical (unpaired) electrons. The van der Waals surface area contributed by atoms with E-state index in [0.29, 0.717) is 0 Å². The Hall–Kier alpha value is -1.16. The minimum atomic E-state index is 0.785. The Morgan fingerprint density at radius 2 is 1.95 bits per heavy atom. The van der Waals surface area contributed by atoms with Gasteiger partial charge in [-0.2, -0.15) is 0 Å². The van der Waals surface area contributed by atoms with Gasteiger partial charge in [-0.15, -0.1) is 0 Å². The molecule has 0 saturated heterocycles. The Morgan fingerprint density at radius 1 is 1.20 bits per heavy atom. The average Bonchev–Trinajstić information content (AvgIpc) is 2.49. The fourth-order valence-electron chi connectivity index (χ4n) is 2.50. The molecule has 0 spiro atoms. The first kappa shape index (κ1) is 15.2. The first-order chi connectivity index (χ1) is 9.81. The van der Waals surface area contributed by atoms with Crippen LogP contribution in [-0.4, -0.2) is 38.3 Å². The average molecular weight is 274 g/mol. The number of rotatable bonds is 7. The number of benzene rings is 1. The van der Waals surface area contributed by atoms with E-state index in [-0.39, 0.29) is 0 Å². The van der Waals surface area contributed by atoms with Gasteiger partial charge in [-0.05, 0) is 29.7 Å². The van der Waals surface area contributed by atoms with Gasteiger partial charge < -0.3 is 10.1 Å². The molecule has 1 heterocycles. The van der Waals surface area contributed by atoms with E-state index in [1.165, 1.54) is 16.7 Å². The maximum Gasteiger partial charge on any atom is 0.0673 e. The molecule has 0 unspecified atom stereocenters. The van der Waals surface area contributed by atoms with Crippen LogP contribution in [0.3, 0.4) is 0 Å². The highest BCUT2D eigenvalue weighted by atomic mass is 16.5. The van der Waals surface area contributed by atoms with Crippen molar-refractivity contribution in [3.63, 3.8) is 0 Å². The van der Waals surface area contributed by atoms with Crippen molar-refractivity contribution in [2.24, 2.45) is 0 Å². The maximum atomic E-state index is 5.19. The Labute approximate surface area is 122 Å². The highest BCUT2D eigenvalue weighted by Crippen LogP contribution is 2.14. The van der Waals surface area contributed by atoms with Crippen LogP contribution in [0.25, 0.3) is 0 Å². The molecule has 3 heteroatoms. The summed E-state index contributed by atoms with van der Waals surface area (Å²) in [5.41, 5.74) is 4.19. The lowest BCUT2D eigenvalue weighted by molar-refractivity contribution is 0.210. The van der Waals surface area contributed by atoms with Gasteiger partial charge in [0.25, 0.3) is 0 Å². The van der Waals surface area contributed by atoms with Crippen molar-refractivity contribution in [1.29, 1.82) is 0 Å². The van der Waals surface area contributed by atoms with Crippen molar-refractivity contribution in [3.05, 3.63) is 47.0 Å². The first-order valence-corrected chi connectivity index (χ1v) is 7.49. The molecule has 0 amide bonds. The molecule has 110 valence electrons. The number of nitrogens with one attached hydrogen (secondary N) is 1. The standard InChI is InChI=1S/C17H26N2O/c1-3-18-12-15-4-6-16(7-5-15)13-19-10-8-17(9-11-19)14-20-2/h4-8,18H,3,9-14H2,1-2H3. The van der Waals surface area contributed by atoms with E-state index >= 15 is 0 Å². The van der Waals surface area contributed by atoms with E-state index in [2.05, 4.69) is 47.5 Å². The lowest BCUT2D eigenvalue weighted by atomic mass is 10.1. The second kappa shape index (κ2) is 8.20. The van der Waals surface area contributed by atoms with Gasteiger partial charge in [0.1, 0.15) is 0 Å². The van der Waals surface area contributed by atoms with Gasteiger partial charge in [0.15, 0.2) is 0 Å². The number of methoxy groups -OCH3 is 1. The second-order valence-electron chi connectivity index (χ2n) is 5.38. The molecular weight excluding hydrogens is 248 g/mol. The van der Waals surface area contributed by atoms with Gasteiger partial charge in [-0.1, -0.05) is 37.3 Å². The Balaban J connectivity index is 1.82. The van der Waals surface area contributed by atoms with E-state index < -0.39 is 0 Å². The summed E-state index contributed by atoms with van der Waals surface area (Å²) in [6.07, 6.45) is 3.44. The third-order valence-corrected chi connectivity index (χ3v) is 3.73. The second-order valence-corrected chi connectivity index (χ2v) is 5.38. The molecule has 20 heavy (non-hydrogen) atoms. The number of ether oxygens (including phenoxy) is 1. The third kappa shape index (κ3) is 4.75. The minimum absolute atomic E-state index is 0.785. The van der Waals surface area contributed by atoms with E-state index in [0.717, 1.165) is 45.8 Å². The van der Waals surface area contributed by atoms with Crippen molar-refractivity contribution >= 4 is 0 Å². The lowest BCUT2D eigenvalue weighted by Gasteiger charge is -2.26. The largest absolute Gasteiger partial charge is 0.380 e. The fourth-order valence-corrected chi connectivity index (χ4v) is 2.50. The predicted molar refractivity (Wildman–Crippen MR) is 83.7 cm³/mol. The number of hydrogen-bond acceptors (Lipinski definition) is 3. The molecule has 1 N–H and O–H groups in total. The smallest absolute Gasteiger partial charge is 0.0673 e. The monoisotopic (exact) mass is 274 g/mol. The zero-order valence-electron chi connectivity index (χ0n) is 12.7. The van der Waals surface area contributed by atoms with Crippen molar-refractivity contribution in [3.8, 4) is 0 Å². The van der Waals surface area contributed by atoms with Crippen molar-refractivity contribution in [2.45, 2.75) is 26.4 Å². The summed E-state index contributed by atoms with van der Waals surface area (Å²) in [6, 6.07) is 8.96. The van der Waals surface area contributed by atoms with Gasteiger partial charge in [0.2, 0.25) is 0 Å². The first-order valence-electron chi connectivity index (χ1n) is 7.49. The Bertz CT molecular complexity index is 425. The highest BCUT2D eigenvalue weighted by Gasteiger charge is 2.11. The molecule has 1 aromatic rings. The normalized spacial score (nSPS) is 16.2. The molecule has 0 saturated carbocycles. The molecule has 3 nitrogen and oxygen atoms in total. The summed E-state index contributed by atoms with van der Waals surface area (Å²) in [6.45, 7) is 8.11. The van der Waals surface area contributed by atoms with E-state index in [1.807, 2.05) is 0 Å². The predicted octanol–water partition coefficient (Wildman–Crippen LogP) is 2.57. The molecule has 1 aliphatic rings. The zero-order chi connectivity index (χ0) is 14.2. The van der Waals surface area contributed by atoms with Gasteiger partial charge in [-0.3, -0.25) is 4.90 Å². The molecule has 0 fully saturated rings. The lowest BCUT2D eigenvalue weighted by Crippen LogP contribution is -2.29. The molecule has 0 aliphatic carbocycles. The van der Waals surface area contributed by atoms with Crippen LogP contribution in [-0.2, 0) is 17.8 Å². The minimum Gasteiger partial charge on any atom is -0.380 e.